The molecule has 0 aromatic carbocycles. The van der Waals surface area contributed by atoms with Crippen LogP contribution in [0.15, 0.2) is 15.7 Å². The second-order valence-corrected chi connectivity index (χ2v) is 7.90. The zero-order chi connectivity index (χ0) is 19.7. The van der Waals surface area contributed by atoms with Crippen molar-refractivity contribution in [2.24, 2.45) is 0 Å². The number of thiophene rings is 1. The Morgan fingerprint density at radius 2 is 1.89 bits per heavy atom. The predicted molar refractivity (Wildman–Crippen MR) is 106 cm³/mol. The number of hydrogen-bond acceptors (Lipinski definition) is 5. The number of aromatic amines is 2. The molecule has 0 bridgehead atoms. The molecule has 0 saturated carbocycles. The van der Waals surface area contributed by atoms with Crippen molar-refractivity contribution < 1.29 is 4.79 Å². The van der Waals surface area contributed by atoms with E-state index < -0.39 is 0 Å². The summed E-state index contributed by atoms with van der Waals surface area (Å²) in [6.45, 7) is 7.71. The van der Waals surface area contributed by atoms with E-state index in [0.29, 0.717) is 28.0 Å². The largest absolute Gasteiger partial charge is 0.352 e. The topological polar surface area (TPSA) is 108 Å². The van der Waals surface area contributed by atoms with Crippen LogP contribution in [0.4, 0.5) is 0 Å². The summed E-state index contributed by atoms with van der Waals surface area (Å²) in [5.41, 5.74) is 2.78. The number of rotatable bonds is 5. The summed E-state index contributed by atoms with van der Waals surface area (Å²) >= 11 is 1.48. The van der Waals surface area contributed by atoms with E-state index in [4.69, 9.17) is 0 Å². The Morgan fingerprint density at radius 3 is 2.59 bits per heavy atom. The average Bonchev–Trinajstić information content (AvgIpc) is 2.86. The number of fused-ring (bicyclic) bond motifs is 1. The maximum Gasteiger partial charge on any atom is 0.259 e. The van der Waals surface area contributed by atoms with Gasteiger partial charge in [0.25, 0.3) is 11.1 Å². The van der Waals surface area contributed by atoms with Crippen LogP contribution in [0.3, 0.4) is 0 Å². The standard InChI is InChI=1S/C19H22N4O3S/c1-9-7-10(2)21-17(25)13(9)8-20-15(24)6-5-14-22-18(26)16-11(3)12(4)27-19(16)23-14/h7H,5-6,8H2,1-4H3,(H,20,24)(H,21,25)(H,22,23,26). The van der Waals surface area contributed by atoms with Gasteiger partial charge >= 0.3 is 0 Å². The number of hydrogen-bond donors (Lipinski definition) is 3. The van der Waals surface area contributed by atoms with Gasteiger partial charge in [0.1, 0.15) is 10.7 Å². The van der Waals surface area contributed by atoms with E-state index in [1.165, 1.54) is 11.3 Å². The molecule has 0 spiro atoms. The van der Waals surface area contributed by atoms with E-state index in [1.807, 2.05) is 33.8 Å². The Hall–Kier alpha value is -2.74. The van der Waals surface area contributed by atoms with Crippen LogP contribution in [0.2, 0.25) is 0 Å². The first-order valence-corrected chi connectivity index (χ1v) is 9.53. The third-order valence-corrected chi connectivity index (χ3v) is 5.73. The fourth-order valence-electron chi connectivity index (χ4n) is 3.03. The number of pyridine rings is 1. The Balaban J connectivity index is 1.65. The zero-order valence-electron chi connectivity index (χ0n) is 15.8. The predicted octanol–water partition coefficient (Wildman–Crippen LogP) is 2.16. The van der Waals surface area contributed by atoms with Crippen molar-refractivity contribution in [2.75, 3.05) is 0 Å². The zero-order valence-corrected chi connectivity index (χ0v) is 16.6. The SMILES string of the molecule is Cc1cc(C)c(CNC(=O)CCc2nc3sc(C)c(C)c3c(=O)[nH]2)c(=O)[nH]1. The molecule has 0 aliphatic rings. The minimum atomic E-state index is -0.198. The molecule has 3 aromatic rings. The highest BCUT2D eigenvalue weighted by atomic mass is 32.1. The Labute approximate surface area is 159 Å². The first kappa shape index (κ1) is 19.0. The van der Waals surface area contributed by atoms with Crippen LogP contribution in [0, 0.1) is 27.7 Å². The highest BCUT2D eigenvalue weighted by Crippen LogP contribution is 2.25. The fraction of sp³-hybridized carbons (Fsp3) is 0.368. The number of aryl methyl sites for hydroxylation is 5. The van der Waals surface area contributed by atoms with Gasteiger partial charge in [-0.1, -0.05) is 0 Å². The summed E-state index contributed by atoms with van der Waals surface area (Å²) in [6, 6.07) is 1.87. The lowest BCUT2D eigenvalue weighted by atomic mass is 10.1. The molecule has 0 aliphatic heterocycles. The van der Waals surface area contributed by atoms with Crippen molar-refractivity contribution >= 4 is 27.5 Å². The maximum absolute atomic E-state index is 12.3. The Morgan fingerprint density at radius 1 is 1.15 bits per heavy atom. The normalized spacial score (nSPS) is 11.1. The van der Waals surface area contributed by atoms with E-state index in [-0.39, 0.29) is 30.0 Å². The van der Waals surface area contributed by atoms with Gasteiger partial charge in [0, 0.05) is 35.5 Å². The Kier molecular flexibility index (Phi) is 5.27. The van der Waals surface area contributed by atoms with Crippen LogP contribution in [0.5, 0.6) is 0 Å². The van der Waals surface area contributed by atoms with Crippen molar-refractivity contribution in [2.45, 2.75) is 47.1 Å². The third-order valence-electron chi connectivity index (χ3n) is 4.63. The van der Waals surface area contributed by atoms with Crippen molar-refractivity contribution in [3.8, 4) is 0 Å². The molecule has 27 heavy (non-hydrogen) atoms. The molecule has 0 atom stereocenters. The number of nitrogens with zero attached hydrogens (tertiary/aromatic N) is 1. The molecule has 0 fully saturated rings. The van der Waals surface area contributed by atoms with Crippen LogP contribution in [-0.2, 0) is 17.8 Å². The minimum absolute atomic E-state index is 0.168. The molecule has 3 aromatic heterocycles. The second-order valence-electron chi connectivity index (χ2n) is 6.70. The number of aromatic nitrogens is 3. The van der Waals surface area contributed by atoms with Gasteiger partial charge < -0.3 is 15.3 Å². The molecular formula is C19H22N4O3S. The highest BCUT2D eigenvalue weighted by Gasteiger charge is 2.13. The van der Waals surface area contributed by atoms with Gasteiger partial charge in [0.2, 0.25) is 5.91 Å². The number of carbonyl (C=O) groups is 1. The molecule has 7 nitrogen and oxygen atoms in total. The molecule has 0 saturated heterocycles. The van der Waals surface area contributed by atoms with Crippen LogP contribution in [0.1, 0.15) is 39.5 Å². The maximum atomic E-state index is 12.3. The van der Waals surface area contributed by atoms with E-state index in [9.17, 15) is 14.4 Å². The molecule has 1 amide bonds. The summed E-state index contributed by atoms with van der Waals surface area (Å²) in [7, 11) is 0. The lowest BCUT2D eigenvalue weighted by Crippen LogP contribution is -2.28. The lowest BCUT2D eigenvalue weighted by molar-refractivity contribution is -0.121. The molecule has 0 aliphatic carbocycles. The molecular weight excluding hydrogens is 364 g/mol. The smallest absolute Gasteiger partial charge is 0.259 e. The minimum Gasteiger partial charge on any atom is -0.352 e. The quantitative estimate of drug-likeness (QED) is 0.624. The van der Waals surface area contributed by atoms with E-state index in [0.717, 1.165) is 21.7 Å². The van der Waals surface area contributed by atoms with E-state index >= 15 is 0 Å². The van der Waals surface area contributed by atoms with Gasteiger partial charge in [-0.25, -0.2) is 4.98 Å². The van der Waals surface area contributed by atoms with Gasteiger partial charge in [0.05, 0.1) is 5.39 Å². The van der Waals surface area contributed by atoms with E-state index in [2.05, 4.69) is 20.3 Å². The van der Waals surface area contributed by atoms with Gasteiger partial charge in [0.15, 0.2) is 0 Å². The molecule has 3 N–H and O–H groups in total. The van der Waals surface area contributed by atoms with Crippen LogP contribution < -0.4 is 16.4 Å². The van der Waals surface area contributed by atoms with Gasteiger partial charge in [-0.05, 0) is 44.9 Å². The van der Waals surface area contributed by atoms with Gasteiger partial charge in [-0.2, -0.15) is 0 Å². The summed E-state index contributed by atoms with van der Waals surface area (Å²) in [4.78, 5) is 48.1. The van der Waals surface area contributed by atoms with Crippen molar-refractivity contribution in [1.29, 1.82) is 0 Å². The first-order chi connectivity index (χ1) is 12.8. The fourth-order valence-corrected chi connectivity index (χ4v) is 4.08. The lowest BCUT2D eigenvalue weighted by Gasteiger charge is -2.08. The van der Waals surface area contributed by atoms with Crippen molar-refractivity contribution in [1.82, 2.24) is 20.3 Å². The first-order valence-electron chi connectivity index (χ1n) is 8.71. The third kappa shape index (κ3) is 4.00. The number of amides is 1. The van der Waals surface area contributed by atoms with Crippen LogP contribution >= 0.6 is 11.3 Å². The van der Waals surface area contributed by atoms with E-state index in [1.54, 1.807) is 0 Å². The van der Waals surface area contributed by atoms with Gasteiger partial charge in [-0.3, -0.25) is 14.4 Å². The summed E-state index contributed by atoms with van der Waals surface area (Å²) < 4.78 is 0. The van der Waals surface area contributed by atoms with Crippen molar-refractivity contribution in [3.05, 3.63) is 59.9 Å². The Bertz CT molecular complexity index is 1140. The molecule has 3 rings (SSSR count). The average molecular weight is 386 g/mol. The van der Waals surface area contributed by atoms with Gasteiger partial charge in [-0.15, -0.1) is 11.3 Å². The summed E-state index contributed by atoms with van der Waals surface area (Å²) in [5, 5.41) is 3.38. The number of H-pyrrole nitrogens is 2. The van der Waals surface area contributed by atoms with Crippen LogP contribution in [0.25, 0.3) is 10.2 Å². The molecule has 3 heterocycles. The number of carbonyl (C=O) groups excluding carboxylic acids is 1. The molecule has 0 radical (unpaired) electrons. The summed E-state index contributed by atoms with van der Waals surface area (Å²) in [5.74, 6) is 0.295. The van der Waals surface area contributed by atoms with Crippen LogP contribution in [-0.4, -0.2) is 20.9 Å². The monoisotopic (exact) mass is 386 g/mol. The summed E-state index contributed by atoms with van der Waals surface area (Å²) in [6.07, 6.45) is 0.511. The molecule has 142 valence electrons. The van der Waals surface area contributed by atoms with Crippen molar-refractivity contribution in [3.63, 3.8) is 0 Å². The second kappa shape index (κ2) is 7.48. The molecule has 0 unspecified atom stereocenters. The number of nitrogens with one attached hydrogen (secondary N) is 3. The highest BCUT2D eigenvalue weighted by molar-refractivity contribution is 7.18. The molecule has 8 heteroatoms.